The topological polar surface area (TPSA) is 66.6 Å². The van der Waals surface area contributed by atoms with Gasteiger partial charge in [-0.1, -0.05) is 5.16 Å². The Kier molecular flexibility index (Phi) is 1.92. The number of aromatic nitrogens is 1. The van der Waals surface area contributed by atoms with Crippen molar-refractivity contribution in [2.45, 2.75) is 6.42 Å². The van der Waals surface area contributed by atoms with Crippen molar-refractivity contribution in [3.63, 3.8) is 0 Å². The van der Waals surface area contributed by atoms with E-state index in [1.54, 1.807) is 6.07 Å². The predicted molar refractivity (Wildman–Crippen MR) is 44.5 cm³/mol. The van der Waals surface area contributed by atoms with Crippen LogP contribution in [-0.2, 0) is 4.79 Å². The van der Waals surface area contributed by atoms with Crippen molar-refractivity contribution in [2.24, 2.45) is 5.92 Å². The predicted octanol–water partition coefficient (Wildman–Crippen LogP) is 0.585. The summed E-state index contributed by atoms with van der Waals surface area (Å²) in [6.07, 6.45) is 2.17. The monoisotopic (exact) mass is 182 g/mol. The van der Waals surface area contributed by atoms with Crippen LogP contribution in [0.4, 0.5) is 5.82 Å². The fourth-order valence-corrected chi connectivity index (χ4v) is 1.54. The molecule has 0 unspecified atom stereocenters. The Balaban J connectivity index is 2.03. The van der Waals surface area contributed by atoms with Gasteiger partial charge in [0.2, 0.25) is 0 Å². The van der Waals surface area contributed by atoms with Crippen LogP contribution in [0.1, 0.15) is 6.42 Å². The van der Waals surface area contributed by atoms with Crippen molar-refractivity contribution in [2.75, 3.05) is 18.0 Å². The molecule has 0 amide bonds. The van der Waals surface area contributed by atoms with Gasteiger partial charge in [-0.15, -0.1) is 0 Å². The normalized spacial score (nSPS) is 22.2. The van der Waals surface area contributed by atoms with Crippen LogP contribution in [-0.4, -0.2) is 29.3 Å². The Morgan fingerprint density at radius 3 is 3.15 bits per heavy atom. The molecule has 0 radical (unpaired) electrons. The highest BCUT2D eigenvalue weighted by Gasteiger charge is 2.28. The Morgan fingerprint density at radius 2 is 2.62 bits per heavy atom. The SMILES string of the molecule is O=C(O)[C@H]1CCN(c2ccon2)C1. The molecule has 1 aromatic heterocycles. The van der Waals surface area contributed by atoms with Crippen molar-refractivity contribution in [1.82, 2.24) is 5.16 Å². The van der Waals surface area contributed by atoms with Gasteiger partial charge < -0.3 is 14.5 Å². The van der Waals surface area contributed by atoms with Crippen LogP contribution in [0.5, 0.6) is 0 Å². The second-order valence-electron chi connectivity index (χ2n) is 3.13. The third kappa shape index (κ3) is 1.49. The highest BCUT2D eigenvalue weighted by Crippen LogP contribution is 2.21. The molecule has 0 spiro atoms. The average Bonchev–Trinajstić information content (AvgIpc) is 2.75. The zero-order valence-electron chi connectivity index (χ0n) is 7.01. The van der Waals surface area contributed by atoms with E-state index in [1.165, 1.54) is 6.26 Å². The maximum Gasteiger partial charge on any atom is 0.308 e. The number of carbonyl (C=O) groups is 1. The molecule has 13 heavy (non-hydrogen) atoms. The minimum Gasteiger partial charge on any atom is -0.481 e. The van der Waals surface area contributed by atoms with Gasteiger partial charge in [0.1, 0.15) is 6.26 Å². The smallest absolute Gasteiger partial charge is 0.308 e. The van der Waals surface area contributed by atoms with E-state index in [0.29, 0.717) is 13.0 Å². The van der Waals surface area contributed by atoms with Crippen LogP contribution in [0, 0.1) is 5.92 Å². The molecule has 0 bridgehead atoms. The van der Waals surface area contributed by atoms with Crippen LogP contribution in [0.15, 0.2) is 16.9 Å². The van der Waals surface area contributed by atoms with Crippen LogP contribution >= 0.6 is 0 Å². The van der Waals surface area contributed by atoms with Crippen molar-refractivity contribution >= 4 is 11.8 Å². The number of hydrogen-bond acceptors (Lipinski definition) is 4. The van der Waals surface area contributed by atoms with Gasteiger partial charge in [-0.2, -0.15) is 0 Å². The molecule has 1 aromatic rings. The molecule has 1 N–H and O–H groups in total. The molecule has 70 valence electrons. The largest absolute Gasteiger partial charge is 0.481 e. The Hall–Kier alpha value is -1.52. The highest BCUT2D eigenvalue weighted by atomic mass is 16.5. The number of aliphatic carboxylic acids is 1. The summed E-state index contributed by atoms with van der Waals surface area (Å²) >= 11 is 0. The maximum atomic E-state index is 10.6. The van der Waals surface area contributed by atoms with E-state index in [-0.39, 0.29) is 5.92 Å². The van der Waals surface area contributed by atoms with Gasteiger partial charge in [0, 0.05) is 19.2 Å². The lowest BCUT2D eigenvalue weighted by Gasteiger charge is -2.12. The van der Waals surface area contributed by atoms with E-state index in [4.69, 9.17) is 5.11 Å². The number of nitrogens with zero attached hydrogens (tertiary/aromatic N) is 2. The average molecular weight is 182 g/mol. The summed E-state index contributed by atoms with van der Waals surface area (Å²) in [7, 11) is 0. The second-order valence-corrected chi connectivity index (χ2v) is 3.13. The Labute approximate surface area is 74.9 Å². The van der Waals surface area contributed by atoms with Crippen molar-refractivity contribution in [3.8, 4) is 0 Å². The lowest BCUT2D eigenvalue weighted by molar-refractivity contribution is -0.140. The van der Waals surface area contributed by atoms with Crippen molar-refractivity contribution in [1.29, 1.82) is 0 Å². The van der Waals surface area contributed by atoms with Gasteiger partial charge in [0.05, 0.1) is 5.92 Å². The minimum atomic E-state index is -0.731. The summed E-state index contributed by atoms with van der Waals surface area (Å²) in [5.41, 5.74) is 0. The van der Waals surface area contributed by atoms with Gasteiger partial charge in [-0.05, 0) is 6.42 Å². The first kappa shape index (κ1) is 8.10. The van der Waals surface area contributed by atoms with E-state index >= 15 is 0 Å². The number of carboxylic acids is 1. The van der Waals surface area contributed by atoms with Crippen LogP contribution in [0.25, 0.3) is 0 Å². The zero-order valence-corrected chi connectivity index (χ0v) is 7.01. The molecule has 0 aliphatic carbocycles. The van der Waals surface area contributed by atoms with Crippen LogP contribution < -0.4 is 4.90 Å². The summed E-state index contributed by atoms with van der Waals surface area (Å²) in [6, 6.07) is 1.74. The first-order valence-electron chi connectivity index (χ1n) is 4.15. The van der Waals surface area contributed by atoms with E-state index in [1.807, 2.05) is 4.90 Å². The third-order valence-corrected chi connectivity index (χ3v) is 2.29. The van der Waals surface area contributed by atoms with E-state index < -0.39 is 5.97 Å². The molecule has 1 atom stereocenters. The number of anilines is 1. The van der Waals surface area contributed by atoms with E-state index in [0.717, 1.165) is 12.4 Å². The van der Waals surface area contributed by atoms with E-state index in [2.05, 4.69) is 9.68 Å². The Bertz CT molecular complexity index is 296. The van der Waals surface area contributed by atoms with Gasteiger partial charge in [-0.25, -0.2) is 0 Å². The molecule has 1 fully saturated rings. The quantitative estimate of drug-likeness (QED) is 0.724. The molecule has 5 nitrogen and oxygen atoms in total. The fourth-order valence-electron chi connectivity index (χ4n) is 1.54. The van der Waals surface area contributed by atoms with Gasteiger partial charge >= 0.3 is 5.97 Å². The van der Waals surface area contributed by atoms with Gasteiger partial charge in [0.25, 0.3) is 0 Å². The summed E-state index contributed by atoms with van der Waals surface area (Å²) in [5, 5.41) is 12.5. The molecule has 2 heterocycles. The lowest BCUT2D eigenvalue weighted by Crippen LogP contribution is -2.22. The second kappa shape index (κ2) is 3.08. The summed E-state index contributed by atoms with van der Waals surface area (Å²) in [6.45, 7) is 1.27. The van der Waals surface area contributed by atoms with Gasteiger partial charge in [-0.3, -0.25) is 4.79 Å². The standard InChI is InChI=1S/C8H10N2O3/c11-8(12)6-1-3-10(5-6)7-2-4-13-9-7/h2,4,6H,1,3,5H2,(H,11,12)/t6-/m0/s1. The molecular weight excluding hydrogens is 172 g/mol. The molecular formula is C8H10N2O3. The molecule has 0 aromatic carbocycles. The Morgan fingerprint density at radius 1 is 1.77 bits per heavy atom. The van der Waals surface area contributed by atoms with Gasteiger partial charge in [0.15, 0.2) is 5.82 Å². The van der Waals surface area contributed by atoms with E-state index in [9.17, 15) is 4.79 Å². The molecule has 1 aliphatic rings. The molecule has 2 rings (SSSR count). The first-order chi connectivity index (χ1) is 6.27. The highest BCUT2D eigenvalue weighted by molar-refractivity contribution is 5.71. The summed E-state index contributed by atoms with van der Waals surface area (Å²) < 4.78 is 4.68. The third-order valence-electron chi connectivity index (χ3n) is 2.29. The maximum absolute atomic E-state index is 10.6. The van der Waals surface area contributed by atoms with Crippen LogP contribution in [0.2, 0.25) is 0 Å². The number of hydrogen-bond donors (Lipinski definition) is 1. The molecule has 5 heteroatoms. The lowest BCUT2D eigenvalue weighted by atomic mass is 10.1. The fraction of sp³-hybridized carbons (Fsp3) is 0.500. The summed E-state index contributed by atoms with van der Waals surface area (Å²) in [4.78, 5) is 12.6. The van der Waals surface area contributed by atoms with Crippen molar-refractivity contribution in [3.05, 3.63) is 12.3 Å². The molecule has 1 aliphatic heterocycles. The minimum absolute atomic E-state index is 0.267. The van der Waals surface area contributed by atoms with Crippen LogP contribution in [0.3, 0.4) is 0 Å². The first-order valence-corrected chi connectivity index (χ1v) is 4.15. The summed E-state index contributed by atoms with van der Waals surface area (Å²) in [5.74, 6) is -0.272. The zero-order chi connectivity index (χ0) is 9.26. The number of rotatable bonds is 2. The number of carboxylic acid groups (broad SMARTS) is 1. The molecule has 1 saturated heterocycles. The van der Waals surface area contributed by atoms with Crippen molar-refractivity contribution < 1.29 is 14.4 Å². The molecule has 0 saturated carbocycles.